The van der Waals surface area contributed by atoms with Crippen molar-refractivity contribution in [3.8, 4) is 11.3 Å². The standard InChI is InChI=1S/C15H16N2O4/c1-10-16-13(9-21-10)11-5-7-12(8-6-11)17-14(18)3-2-4-15(19)20/h5-9H,2-4H2,1H3,(H,17,18)(H,19,20). The predicted octanol–water partition coefficient (Wildman–Crippen LogP) is 2.84. The van der Waals surface area contributed by atoms with Gasteiger partial charge in [-0.2, -0.15) is 0 Å². The zero-order valence-electron chi connectivity index (χ0n) is 11.6. The second-order valence-electron chi connectivity index (χ2n) is 4.62. The Kier molecular flexibility index (Phi) is 4.71. The van der Waals surface area contributed by atoms with Gasteiger partial charge in [-0.05, 0) is 18.6 Å². The van der Waals surface area contributed by atoms with Crippen molar-refractivity contribution >= 4 is 17.6 Å². The van der Waals surface area contributed by atoms with Gasteiger partial charge in [-0.1, -0.05) is 12.1 Å². The van der Waals surface area contributed by atoms with Crippen LogP contribution in [0.3, 0.4) is 0 Å². The van der Waals surface area contributed by atoms with Gasteiger partial charge in [0.25, 0.3) is 0 Å². The molecule has 0 saturated carbocycles. The van der Waals surface area contributed by atoms with Gasteiger partial charge in [0.05, 0.1) is 0 Å². The van der Waals surface area contributed by atoms with Crippen molar-refractivity contribution in [2.45, 2.75) is 26.2 Å². The molecule has 0 fully saturated rings. The highest BCUT2D eigenvalue weighted by Crippen LogP contribution is 2.20. The van der Waals surface area contributed by atoms with E-state index in [9.17, 15) is 9.59 Å². The summed E-state index contributed by atoms with van der Waals surface area (Å²) in [6, 6.07) is 7.22. The molecule has 21 heavy (non-hydrogen) atoms. The van der Waals surface area contributed by atoms with Gasteiger partial charge < -0.3 is 14.8 Å². The highest BCUT2D eigenvalue weighted by Gasteiger charge is 2.06. The van der Waals surface area contributed by atoms with E-state index in [1.54, 1.807) is 25.3 Å². The molecule has 2 N–H and O–H groups in total. The first-order chi connectivity index (χ1) is 10.0. The number of hydrogen-bond donors (Lipinski definition) is 2. The molecule has 1 amide bonds. The van der Waals surface area contributed by atoms with E-state index in [4.69, 9.17) is 9.52 Å². The lowest BCUT2D eigenvalue weighted by Crippen LogP contribution is -2.11. The fraction of sp³-hybridized carbons (Fsp3) is 0.267. The SMILES string of the molecule is Cc1nc(-c2ccc(NC(=O)CCCC(=O)O)cc2)co1. The average molecular weight is 288 g/mol. The molecule has 6 nitrogen and oxygen atoms in total. The summed E-state index contributed by atoms with van der Waals surface area (Å²) in [5.41, 5.74) is 2.31. The van der Waals surface area contributed by atoms with E-state index >= 15 is 0 Å². The summed E-state index contributed by atoms with van der Waals surface area (Å²) in [5.74, 6) is -0.489. The quantitative estimate of drug-likeness (QED) is 0.852. The third-order valence-electron chi connectivity index (χ3n) is 2.88. The summed E-state index contributed by atoms with van der Waals surface area (Å²) in [4.78, 5) is 26.2. The summed E-state index contributed by atoms with van der Waals surface area (Å²) in [6.45, 7) is 1.77. The molecule has 0 aliphatic heterocycles. The van der Waals surface area contributed by atoms with Gasteiger partial charge in [0.15, 0.2) is 5.89 Å². The molecule has 0 aliphatic carbocycles. The molecule has 1 aromatic carbocycles. The second-order valence-corrected chi connectivity index (χ2v) is 4.62. The van der Waals surface area contributed by atoms with Gasteiger partial charge in [0.2, 0.25) is 5.91 Å². The minimum Gasteiger partial charge on any atom is -0.481 e. The molecular formula is C15H16N2O4. The minimum atomic E-state index is -0.893. The Morgan fingerprint density at radius 2 is 1.95 bits per heavy atom. The molecule has 2 rings (SSSR count). The highest BCUT2D eigenvalue weighted by molar-refractivity contribution is 5.91. The third-order valence-corrected chi connectivity index (χ3v) is 2.88. The van der Waals surface area contributed by atoms with E-state index < -0.39 is 5.97 Å². The fourth-order valence-corrected chi connectivity index (χ4v) is 1.84. The lowest BCUT2D eigenvalue weighted by Gasteiger charge is -2.05. The lowest BCUT2D eigenvalue weighted by atomic mass is 10.1. The van der Waals surface area contributed by atoms with Crippen molar-refractivity contribution in [3.63, 3.8) is 0 Å². The Morgan fingerprint density at radius 3 is 2.52 bits per heavy atom. The van der Waals surface area contributed by atoms with Crippen LogP contribution in [0.4, 0.5) is 5.69 Å². The zero-order valence-corrected chi connectivity index (χ0v) is 11.6. The summed E-state index contributed by atoms with van der Waals surface area (Å²) in [7, 11) is 0. The second kappa shape index (κ2) is 6.69. The number of aryl methyl sites for hydroxylation is 1. The fourth-order valence-electron chi connectivity index (χ4n) is 1.84. The molecule has 6 heteroatoms. The normalized spacial score (nSPS) is 10.3. The summed E-state index contributed by atoms with van der Waals surface area (Å²) >= 11 is 0. The van der Waals surface area contributed by atoms with Crippen LogP contribution < -0.4 is 5.32 Å². The van der Waals surface area contributed by atoms with Gasteiger partial charge in [-0.25, -0.2) is 4.98 Å². The van der Waals surface area contributed by atoms with Gasteiger partial charge in [-0.3, -0.25) is 9.59 Å². The number of rotatable bonds is 6. The first-order valence-corrected chi connectivity index (χ1v) is 6.59. The van der Waals surface area contributed by atoms with E-state index in [0.29, 0.717) is 18.0 Å². The van der Waals surface area contributed by atoms with Crippen LogP contribution in [0.25, 0.3) is 11.3 Å². The van der Waals surface area contributed by atoms with E-state index in [2.05, 4.69) is 10.3 Å². The number of carboxylic acid groups (broad SMARTS) is 1. The first-order valence-electron chi connectivity index (χ1n) is 6.59. The molecule has 0 radical (unpaired) electrons. The van der Waals surface area contributed by atoms with Gasteiger partial charge in [0, 0.05) is 31.0 Å². The first kappa shape index (κ1) is 14.8. The smallest absolute Gasteiger partial charge is 0.303 e. The number of carbonyl (C=O) groups excluding carboxylic acids is 1. The van der Waals surface area contributed by atoms with E-state index in [0.717, 1.165) is 11.3 Å². The van der Waals surface area contributed by atoms with Crippen LogP contribution in [0.2, 0.25) is 0 Å². The number of carboxylic acids is 1. The molecule has 1 aromatic heterocycles. The Labute approximate surface area is 121 Å². The minimum absolute atomic E-state index is 0.00212. The Hall–Kier alpha value is -2.63. The maximum atomic E-state index is 11.6. The van der Waals surface area contributed by atoms with Crippen LogP contribution in [-0.2, 0) is 9.59 Å². The topological polar surface area (TPSA) is 92.4 Å². The van der Waals surface area contributed by atoms with Gasteiger partial charge in [-0.15, -0.1) is 0 Å². The van der Waals surface area contributed by atoms with Crippen LogP contribution >= 0.6 is 0 Å². The summed E-state index contributed by atoms with van der Waals surface area (Å²) in [6.07, 6.45) is 2.10. The highest BCUT2D eigenvalue weighted by atomic mass is 16.4. The van der Waals surface area contributed by atoms with E-state index in [1.165, 1.54) is 0 Å². The molecule has 0 spiro atoms. The predicted molar refractivity (Wildman–Crippen MR) is 76.8 cm³/mol. The Balaban J connectivity index is 1.90. The monoisotopic (exact) mass is 288 g/mol. The lowest BCUT2D eigenvalue weighted by molar-refractivity contribution is -0.137. The van der Waals surface area contributed by atoms with Crippen LogP contribution in [0.15, 0.2) is 34.9 Å². The van der Waals surface area contributed by atoms with Crippen molar-refractivity contribution in [1.82, 2.24) is 4.98 Å². The zero-order chi connectivity index (χ0) is 15.2. The molecule has 0 saturated heterocycles. The summed E-state index contributed by atoms with van der Waals surface area (Å²) < 4.78 is 5.15. The van der Waals surface area contributed by atoms with Crippen molar-refractivity contribution < 1.29 is 19.1 Å². The third kappa shape index (κ3) is 4.45. The van der Waals surface area contributed by atoms with Crippen LogP contribution in [-0.4, -0.2) is 22.0 Å². The molecule has 1 heterocycles. The molecule has 0 atom stereocenters. The maximum Gasteiger partial charge on any atom is 0.303 e. The number of aromatic nitrogens is 1. The summed E-state index contributed by atoms with van der Waals surface area (Å²) in [5, 5.41) is 11.2. The number of nitrogens with zero attached hydrogens (tertiary/aromatic N) is 1. The maximum absolute atomic E-state index is 11.6. The number of amides is 1. The van der Waals surface area contributed by atoms with Crippen molar-refractivity contribution in [3.05, 3.63) is 36.4 Å². The van der Waals surface area contributed by atoms with Crippen LogP contribution in [0.1, 0.15) is 25.2 Å². The number of carbonyl (C=O) groups is 2. The van der Waals surface area contributed by atoms with E-state index in [-0.39, 0.29) is 18.7 Å². The van der Waals surface area contributed by atoms with Gasteiger partial charge >= 0.3 is 5.97 Å². The van der Waals surface area contributed by atoms with Crippen molar-refractivity contribution in [1.29, 1.82) is 0 Å². The molecular weight excluding hydrogens is 272 g/mol. The number of aliphatic carboxylic acids is 1. The van der Waals surface area contributed by atoms with Gasteiger partial charge in [0.1, 0.15) is 12.0 Å². The molecule has 2 aromatic rings. The van der Waals surface area contributed by atoms with Crippen molar-refractivity contribution in [2.24, 2.45) is 0 Å². The Morgan fingerprint density at radius 1 is 1.24 bits per heavy atom. The number of oxazole rings is 1. The number of benzene rings is 1. The molecule has 0 aliphatic rings. The average Bonchev–Trinajstić information content (AvgIpc) is 2.86. The molecule has 0 unspecified atom stereocenters. The number of anilines is 1. The van der Waals surface area contributed by atoms with E-state index in [1.807, 2.05) is 12.1 Å². The molecule has 0 bridgehead atoms. The number of nitrogens with one attached hydrogen (secondary N) is 1. The molecule has 110 valence electrons. The largest absolute Gasteiger partial charge is 0.481 e. The number of hydrogen-bond acceptors (Lipinski definition) is 4. The van der Waals surface area contributed by atoms with Crippen LogP contribution in [0, 0.1) is 6.92 Å². The van der Waals surface area contributed by atoms with Crippen molar-refractivity contribution in [2.75, 3.05) is 5.32 Å². The Bertz CT molecular complexity index is 631. The van der Waals surface area contributed by atoms with Crippen LogP contribution in [0.5, 0.6) is 0 Å².